The summed E-state index contributed by atoms with van der Waals surface area (Å²) in [6, 6.07) is 25.7. The molecule has 5 rings (SSSR count). The van der Waals surface area contributed by atoms with E-state index in [2.05, 4.69) is 27.9 Å². The number of aromatic nitrogens is 1. The van der Waals surface area contributed by atoms with Crippen molar-refractivity contribution in [2.45, 2.75) is 28.2 Å². The minimum Gasteiger partial charge on any atom is -0.385 e. The zero-order valence-electron chi connectivity index (χ0n) is 19.5. The van der Waals surface area contributed by atoms with Crippen molar-refractivity contribution < 1.29 is 9.90 Å². The second-order valence-corrected chi connectivity index (χ2v) is 10.4. The molecule has 2 heterocycles. The van der Waals surface area contributed by atoms with Crippen molar-refractivity contribution >= 4 is 46.2 Å². The molecule has 1 aliphatic rings. The second kappa shape index (κ2) is 10.3. The number of rotatable bonds is 6. The number of aliphatic hydroxyl groups is 1. The highest BCUT2D eigenvalue weighted by Gasteiger charge is 2.35. The molecule has 1 aliphatic heterocycles. The molecular weight excluding hydrogens is 474 g/mol. The molecule has 1 aromatic heterocycles. The molecule has 35 heavy (non-hydrogen) atoms. The predicted molar refractivity (Wildman–Crippen MR) is 145 cm³/mol. The number of carbonyl (C=O) groups excluding carboxylic acids is 1. The zero-order valence-corrected chi connectivity index (χ0v) is 21.1. The molecule has 0 saturated carbocycles. The Labute approximate surface area is 214 Å². The van der Waals surface area contributed by atoms with E-state index in [1.54, 1.807) is 18.0 Å². The number of nitrogens with one attached hydrogen (secondary N) is 1. The molecule has 0 spiro atoms. The number of anilines is 1. The maximum atomic E-state index is 13.1. The molecule has 3 aromatic carbocycles. The van der Waals surface area contributed by atoms with Gasteiger partial charge in [0.1, 0.15) is 0 Å². The van der Waals surface area contributed by atoms with Crippen LogP contribution < -0.4 is 4.72 Å². The Morgan fingerprint density at radius 1 is 1.00 bits per heavy atom. The lowest BCUT2D eigenvalue weighted by atomic mass is 9.84. The molecule has 0 aliphatic carbocycles. The molecular formula is C28H27N3O2S2. The molecule has 2 N–H and O–H groups in total. The Morgan fingerprint density at radius 3 is 2.51 bits per heavy atom. The number of benzene rings is 3. The second-order valence-electron chi connectivity index (χ2n) is 8.67. The fourth-order valence-electron chi connectivity index (χ4n) is 4.42. The van der Waals surface area contributed by atoms with Gasteiger partial charge in [-0.15, -0.1) is 11.8 Å². The van der Waals surface area contributed by atoms with E-state index in [0.717, 1.165) is 31.9 Å². The molecule has 1 amide bonds. The fraction of sp³-hybridized carbons (Fsp3) is 0.214. The lowest BCUT2D eigenvalue weighted by Crippen LogP contribution is -2.45. The van der Waals surface area contributed by atoms with Gasteiger partial charge < -0.3 is 14.7 Å². The van der Waals surface area contributed by atoms with Gasteiger partial charge in [-0.2, -0.15) is 0 Å². The van der Waals surface area contributed by atoms with Crippen LogP contribution in [0.4, 0.5) is 5.69 Å². The third kappa shape index (κ3) is 5.17. The number of fused-ring (bicyclic) bond motifs is 1. The van der Waals surface area contributed by atoms with E-state index in [9.17, 15) is 9.90 Å². The Kier molecular flexibility index (Phi) is 7.00. The van der Waals surface area contributed by atoms with Crippen LogP contribution in [0.1, 0.15) is 28.8 Å². The molecule has 0 radical (unpaired) electrons. The maximum absolute atomic E-state index is 13.1. The molecule has 1 saturated heterocycles. The van der Waals surface area contributed by atoms with Crippen molar-refractivity contribution in [2.24, 2.45) is 0 Å². The highest BCUT2D eigenvalue weighted by Crippen LogP contribution is 2.35. The van der Waals surface area contributed by atoms with E-state index in [1.165, 1.54) is 11.9 Å². The number of amides is 1. The number of para-hydroxylation sites is 1. The highest BCUT2D eigenvalue weighted by atomic mass is 32.2. The summed E-state index contributed by atoms with van der Waals surface area (Å²) in [5, 5.41) is 12.3. The van der Waals surface area contributed by atoms with Crippen LogP contribution >= 0.6 is 23.7 Å². The Bertz CT molecular complexity index is 1330. The van der Waals surface area contributed by atoms with Crippen molar-refractivity contribution in [1.82, 2.24) is 9.88 Å². The SMILES string of the molecule is CSc1cccc(C2(O)CCN(C(=O)c3ccc(NSc4cccc5cccnc45)cc3)CC2)c1. The van der Waals surface area contributed by atoms with Crippen LogP contribution in [0.3, 0.4) is 0 Å². The normalized spacial score (nSPS) is 15.2. The Morgan fingerprint density at radius 2 is 1.74 bits per heavy atom. The lowest BCUT2D eigenvalue weighted by Gasteiger charge is -2.38. The first-order valence-electron chi connectivity index (χ1n) is 11.6. The van der Waals surface area contributed by atoms with Gasteiger partial charge in [0.2, 0.25) is 0 Å². The largest absolute Gasteiger partial charge is 0.385 e. The molecule has 4 aromatic rings. The van der Waals surface area contributed by atoms with Crippen LogP contribution in [0.2, 0.25) is 0 Å². The van der Waals surface area contributed by atoms with Crippen LogP contribution in [0.15, 0.2) is 94.9 Å². The van der Waals surface area contributed by atoms with Gasteiger partial charge in [-0.25, -0.2) is 0 Å². The number of nitrogens with zero attached hydrogens (tertiary/aromatic N) is 2. The number of likely N-dealkylation sites (tertiary alicyclic amines) is 1. The molecule has 1 fully saturated rings. The van der Waals surface area contributed by atoms with E-state index in [-0.39, 0.29) is 5.91 Å². The highest BCUT2D eigenvalue weighted by molar-refractivity contribution is 8.00. The van der Waals surface area contributed by atoms with Crippen LogP contribution in [0, 0.1) is 0 Å². The first kappa shape index (κ1) is 23.7. The third-order valence-corrected chi connectivity index (χ3v) is 8.10. The third-order valence-electron chi connectivity index (χ3n) is 6.49. The fourth-order valence-corrected chi connectivity index (χ4v) is 5.65. The molecule has 5 nitrogen and oxygen atoms in total. The van der Waals surface area contributed by atoms with Crippen molar-refractivity contribution in [2.75, 3.05) is 24.1 Å². The Hall–Kier alpha value is -3.00. The summed E-state index contributed by atoms with van der Waals surface area (Å²) in [6.07, 6.45) is 4.90. The average Bonchev–Trinajstić information content (AvgIpc) is 2.92. The summed E-state index contributed by atoms with van der Waals surface area (Å²) >= 11 is 3.17. The number of piperidine rings is 1. The first-order valence-corrected chi connectivity index (χ1v) is 13.6. The minimum absolute atomic E-state index is 0.00220. The summed E-state index contributed by atoms with van der Waals surface area (Å²) in [5.74, 6) is 0.00220. The number of hydrogen-bond donors (Lipinski definition) is 2. The smallest absolute Gasteiger partial charge is 0.253 e. The van der Waals surface area contributed by atoms with Gasteiger partial charge in [0.05, 0.1) is 16.0 Å². The molecule has 7 heteroatoms. The predicted octanol–water partition coefficient (Wildman–Crippen LogP) is 6.20. The lowest BCUT2D eigenvalue weighted by molar-refractivity contribution is -0.0212. The van der Waals surface area contributed by atoms with Crippen LogP contribution in [-0.4, -0.2) is 40.2 Å². The average molecular weight is 502 g/mol. The van der Waals surface area contributed by atoms with Crippen LogP contribution in [0.5, 0.6) is 0 Å². The van der Waals surface area contributed by atoms with Crippen molar-refractivity contribution in [1.29, 1.82) is 0 Å². The van der Waals surface area contributed by atoms with E-state index in [1.807, 2.05) is 71.8 Å². The van der Waals surface area contributed by atoms with Crippen molar-refractivity contribution in [3.05, 3.63) is 96.2 Å². The summed E-state index contributed by atoms with van der Waals surface area (Å²) < 4.78 is 3.35. The van der Waals surface area contributed by atoms with Gasteiger partial charge in [0.15, 0.2) is 0 Å². The van der Waals surface area contributed by atoms with Gasteiger partial charge in [-0.1, -0.05) is 30.3 Å². The van der Waals surface area contributed by atoms with Crippen molar-refractivity contribution in [3.63, 3.8) is 0 Å². The van der Waals surface area contributed by atoms with Gasteiger partial charge in [-0.3, -0.25) is 9.78 Å². The van der Waals surface area contributed by atoms with Crippen LogP contribution in [0.25, 0.3) is 10.9 Å². The number of hydrogen-bond acceptors (Lipinski definition) is 6. The van der Waals surface area contributed by atoms with E-state index < -0.39 is 5.60 Å². The number of pyridine rings is 1. The van der Waals surface area contributed by atoms with Gasteiger partial charge in [0, 0.05) is 40.8 Å². The number of thioether (sulfide) groups is 1. The Balaban J connectivity index is 1.20. The van der Waals surface area contributed by atoms with Gasteiger partial charge in [0.25, 0.3) is 5.91 Å². The maximum Gasteiger partial charge on any atom is 0.253 e. The summed E-state index contributed by atoms with van der Waals surface area (Å²) in [6.45, 7) is 1.06. The van der Waals surface area contributed by atoms with Crippen molar-refractivity contribution in [3.8, 4) is 0 Å². The molecule has 0 atom stereocenters. The van der Waals surface area contributed by atoms with Gasteiger partial charge in [-0.05, 0) is 85.1 Å². The van der Waals surface area contributed by atoms with Gasteiger partial charge >= 0.3 is 0 Å². The van der Waals surface area contributed by atoms with E-state index >= 15 is 0 Å². The molecule has 0 bridgehead atoms. The van der Waals surface area contributed by atoms with E-state index in [0.29, 0.717) is 31.5 Å². The summed E-state index contributed by atoms with van der Waals surface area (Å²) in [5.41, 5.74) is 2.59. The zero-order chi connectivity index (χ0) is 24.3. The molecule has 0 unspecified atom stereocenters. The van der Waals surface area contributed by atoms with E-state index in [4.69, 9.17) is 0 Å². The minimum atomic E-state index is -0.885. The summed E-state index contributed by atoms with van der Waals surface area (Å²) in [4.78, 5) is 21.6. The standard InChI is InChI=1S/C28H27N3O2S2/c1-34-24-8-3-7-22(19-24)28(33)14-17-31(18-15-28)27(32)21-10-12-23(13-11-21)30-35-25-9-2-5-20-6-4-16-29-26(20)25/h2-13,16,19,30,33H,14-15,17-18H2,1H3. The first-order chi connectivity index (χ1) is 17.1. The summed E-state index contributed by atoms with van der Waals surface area (Å²) in [7, 11) is 0. The topological polar surface area (TPSA) is 65.5 Å². The monoisotopic (exact) mass is 501 g/mol. The number of carbonyl (C=O) groups is 1. The molecule has 178 valence electrons. The van der Waals surface area contributed by atoms with Crippen LogP contribution in [-0.2, 0) is 5.60 Å². The quantitative estimate of drug-likeness (QED) is 0.242.